The van der Waals surface area contributed by atoms with Gasteiger partial charge in [-0.1, -0.05) is 0 Å². The fourth-order valence-electron chi connectivity index (χ4n) is 1.12. The van der Waals surface area contributed by atoms with Crippen LogP contribution < -0.4 is 5.73 Å². The molecule has 0 fully saturated rings. The van der Waals surface area contributed by atoms with Crippen LogP contribution in [0.4, 0.5) is 13.2 Å². The summed E-state index contributed by atoms with van der Waals surface area (Å²) < 4.78 is 33.3. The number of aliphatic carboxylic acids is 1. The molecule has 0 aliphatic carbocycles. The predicted octanol–water partition coefficient (Wildman–Crippen LogP) is 0.710. The number of carboxylic acid groups (broad SMARTS) is 1. The molecule has 0 aliphatic rings. The third kappa shape index (κ3) is 4.80. The zero-order valence-electron chi connectivity index (χ0n) is 10.7. The maximum atomic E-state index is 10.6. The molecule has 3 N–H and O–H groups in total. The molecule has 0 radical (unpaired) electrons. The third-order valence-corrected chi connectivity index (χ3v) is 1.97. The summed E-state index contributed by atoms with van der Waals surface area (Å²) in [5.41, 5.74) is 5.72. The highest BCUT2D eigenvalue weighted by Crippen LogP contribution is 2.13. The van der Waals surface area contributed by atoms with Crippen molar-refractivity contribution in [3.05, 3.63) is 30.6 Å². The molecule has 1 unspecified atom stereocenters. The fourth-order valence-corrected chi connectivity index (χ4v) is 1.12. The van der Waals surface area contributed by atoms with E-state index in [2.05, 4.69) is 20.1 Å². The van der Waals surface area contributed by atoms with Gasteiger partial charge in [0.15, 0.2) is 5.82 Å². The zero-order valence-corrected chi connectivity index (χ0v) is 10.7. The molecule has 0 saturated carbocycles. The molecule has 1 atom stereocenters. The Kier molecular flexibility index (Phi) is 5.30. The minimum absolute atomic E-state index is 0.193. The number of nitrogens with zero attached hydrogens (tertiary/aromatic N) is 5. The van der Waals surface area contributed by atoms with E-state index in [0.29, 0.717) is 11.8 Å². The molecule has 0 aromatic carbocycles. The van der Waals surface area contributed by atoms with E-state index < -0.39 is 12.1 Å². The summed E-state index contributed by atoms with van der Waals surface area (Å²) in [7, 11) is 0. The molecule has 2 aromatic heterocycles. The van der Waals surface area contributed by atoms with Crippen LogP contribution in [0.15, 0.2) is 24.8 Å². The third-order valence-electron chi connectivity index (χ3n) is 1.97. The van der Waals surface area contributed by atoms with Crippen LogP contribution in [0, 0.1) is 0 Å². The van der Waals surface area contributed by atoms with Crippen molar-refractivity contribution in [3.8, 4) is 5.95 Å². The molecule has 0 saturated heterocycles. The minimum Gasteiger partial charge on any atom is -0.475 e. The highest BCUT2D eigenvalue weighted by molar-refractivity contribution is 5.73. The molecule has 8 nitrogen and oxygen atoms in total. The van der Waals surface area contributed by atoms with E-state index in [0.717, 1.165) is 0 Å². The number of nitrogens with two attached hydrogens (primary N) is 1. The molecule has 0 bridgehead atoms. The molecule has 0 spiro atoms. The smallest absolute Gasteiger partial charge is 0.475 e. The average Bonchev–Trinajstić information content (AvgIpc) is 2.88. The first-order valence-electron chi connectivity index (χ1n) is 5.46. The lowest BCUT2D eigenvalue weighted by molar-refractivity contribution is -0.192. The van der Waals surface area contributed by atoms with Gasteiger partial charge in [0.1, 0.15) is 6.33 Å². The van der Waals surface area contributed by atoms with Gasteiger partial charge in [0, 0.05) is 12.4 Å². The van der Waals surface area contributed by atoms with Crippen molar-refractivity contribution in [3.63, 3.8) is 0 Å². The van der Waals surface area contributed by atoms with Crippen molar-refractivity contribution in [2.75, 3.05) is 0 Å². The van der Waals surface area contributed by atoms with Crippen LogP contribution in [-0.2, 0) is 4.79 Å². The molecule has 114 valence electrons. The fraction of sp³-hybridized carbons (Fsp3) is 0.300. The van der Waals surface area contributed by atoms with E-state index in [1.54, 1.807) is 18.5 Å². The van der Waals surface area contributed by atoms with Gasteiger partial charge in [-0.25, -0.2) is 19.7 Å². The molecular weight excluding hydrogens is 293 g/mol. The normalized spacial score (nSPS) is 12.2. The second kappa shape index (κ2) is 6.74. The Balaban J connectivity index is 0.000000270. The zero-order chi connectivity index (χ0) is 16.0. The van der Waals surface area contributed by atoms with Crippen LogP contribution in [0.5, 0.6) is 0 Å². The van der Waals surface area contributed by atoms with Gasteiger partial charge in [0.25, 0.3) is 5.95 Å². The van der Waals surface area contributed by atoms with Gasteiger partial charge in [-0.2, -0.15) is 23.0 Å². The van der Waals surface area contributed by atoms with Crippen molar-refractivity contribution in [1.82, 2.24) is 24.7 Å². The van der Waals surface area contributed by atoms with Crippen LogP contribution in [0.2, 0.25) is 0 Å². The second-order valence-electron chi connectivity index (χ2n) is 3.67. The van der Waals surface area contributed by atoms with Crippen molar-refractivity contribution >= 4 is 5.97 Å². The Morgan fingerprint density at radius 1 is 1.33 bits per heavy atom. The molecule has 0 aliphatic heterocycles. The highest BCUT2D eigenvalue weighted by atomic mass is 19.4. The lowest BCUT2D eigenvalue weighted by Crippen LogP contribution is -2.21. The number of carbonyl (C=O) groups is 1. The molecule has 0 amide bonds. The number of hydrogen-bond acceptors (Lipinski definition) is 6. The van der Waals surface area contributed by atoms with Crippen molar-refractivity contribution in [2.24, 2.45) is 5.73 Å². The lowest BCUT2D eigenvalue weighted by Gasteiger charge is -2.05. The topological polar surface area (TPSA) is 120 Å². The molecule has 11 heteroatoms. The van der Waals surface area contributed by atoms with E-state index in [-0.39, 0.29) is 6.04 Å². The van der Waals surface area contributed by atoms with E-state index in [4.69, 9.17) is 15.6 Å². The van der Waals surface area contributed by atoms with Crippen LogP contribution in [0.3, 0.4) is 0 Å². The molecule has 2 aromatic rings. The monoisotopic (exact) mass is 304 g/mol. The molecular formula is C10H11F3N6O2. The van der Waals surface area contributed by atoms with Gasteiger partial charge < -0.3 is 10.8 Å². The quantitative estimate of drug-likeness (QED) is 0.838. The summed E-state index contributed by atoms with van der Waals surface area (Å²) in [6, 6.07) is 1.55. The van der Waals surface area contributed by atoms with Gasteiger partial charge in [-0.3, -0.25) is 0 Å². The molecule has 21 heavy (non-hydrogen) atoms. The summed E-state index contributed by atoms with van der Waals surface area (Å²) in [6.07, 6.45) is -0.348. The number of halogens is 3. The summed E-state index contributed by atoms with van der Waals surface area (Å²) >= 11 is 0. The van der Waals surface area contributed by atoms with Crippen LogP contribution >= 0.6 is 0 Å². The predicted molar refractivity (Wildman–Crippen MR) is 63.2 cm³/mol. The largest absolute Gasteiger partial charge is 0.490 e. The number of hydrogen-bond donors (Lipinski definition) is 2. The molecule has 2 rings (SSSR count). The van der Waals surface area contributed by atoms with E-state index in [9.17, 15) is 13.2 Å². The SMILES string of the molecule is CC(N)c1ncnn1-c1ncccn1.O=C(O)C(F)(F)F. The van der Waals surface area contributed by atoms with Crippen molar-refractivity contribution in [1.29, 1.82) is 0 Å². The summed E-state index contributed by atoms with van der Waals surface area (Å²) in [6.45, 7) is 1.84. The van der Waals surface area contributed by atoms with Gasteiger partial charge in [-0.15, -0.1) is 0 Å². The Bertz CT molecular complexity index is 584. The average molecular weight is 304 g/mol. The lowest BCUT2D eigenvalue weighted by atomic mass is 10.3. The standard InChI is InChI=1S/C8H10N6.C2HF3O2/c1-6(9)7-12-5-13-14(7)8-10-3-2-4-11-8;3-2(4,5)1(6)7/h2-6H,9H2,1H3;(H,6,7). The number of carboxylic acids is 1. The van der Waals surface area contributed by atoms with E-state index in [1.807, 2.05) is 6.92 Å². The minimum atomic E-state index is -5.08. The Hall–Kier alpha value is -2.56. The summed E-state index contributed by atoms with van der Waals surface area (Å²) in [4.78, 5) is 21.1. The van der Waals surface area contributed by atoms with Gasteiger partial charge in [0.2, 0.25) is 0 Å². The summed E-state index contributed by atoms with van der Waals surface area (Å²) in [5, 5.41) is 11.1. The first-order valence-corrected chi connectivity index (χ1v) is 5.46. The number of aromatic nitrogens is 5. The number of alkyl halides is 3. The first-order chi connectivity index (χ1) is 9.73. The maximum Gasteiger partial charge on any atom is 0.490 e. The Labute approximate surface area is 116 Å². The van der Waals surface area contributed by atoms with Crippen molar-refractivity contribution in [2.45, 2.75) is 19.1 Å². The first kappa shape index (κ1) is 16.5. The molecule has 2 heterocycles. The van der Waals surface area contributed by atoms with Crippen LogP contribution in [0.1, 0.15) is 18.8 Å². The van der Waals surface area contributed by atoms with Crippen molar-refractivity contribution < 1.29 is 23.1 Å². The second-order valence-corrected chi connectivity index (χ2v) is 3.67. The Morgan fingerprint density at radius 3 is 2.29 bits per heavy atom. The van der Waals surface area contributed by atoms with Crippen LogP contribution in [-0.4, -0.2) is 42.0 Å². The van der Waals surface area contributed by atoms with Gasteiger partial charge >= 0.3 is 12.1 Å². The summed E-state index contributed by atoms with van der Waals surface area (Å²) in [5.74, 6) is -1.62. The van der Waals surface area contributed by atoms with Crippen LogP contribution in [0.25, 0.3) is 5.95 Å². The maximum absolute atomic E-state index is 10.6. The van der Waals surface area contributed by atoms with E-state index >= 15 is 0 Å². The highest BCUT2D eigenvalue weighted by Gasteiger charge is 2.38. The van der Waals surface area contributed by atoms with E-state index in [1.165, 1.54) is 11.0 Å². The van der Waals surface area contributed by atoms with Gasteiger partial charge in [0.05, 0.1) is 6.04 Å². The van der Waals surface area contributed by atoms with Gasteiger partial charge in [-0.05, 0) is 13.0 Å². The number of rotatable bonds is 2. The Morgan fingerprint density at radius 2 is 1.86 bits per heavy atom.